The SMILES string of the molecule is N#Cc1ccc(Nc2cc(NC3CC3)n3ncc(/C=C4\CC(=O)NC4=O)c3n2)cc1. The van der Waals surface area contributed by atoms with Gasteiger partial charge >= 0.3 is 0 Å². The molecule has 2 aromatic heterocycles. The number of carbonyl (C=O) groups is 2. The number of nitrogens with zero attached hydrogens (tertiary/aromatic N) is 4. The maximum Gasteiger partial charge on any atom is 0.254 e. The number of fused-ring (bicyclic) bond motifs is 1. The van der Waals surface area contributed by atoms with Crippen LogP contribution in [-0.4, -0.2) is 32.5 Å². The van der Waals surface area contributed by atoms with E-state index in [0.29, 0.717) is 34.2 Å². The summed E-state index contributed by atoms with van der Waals surface area (Å²) >= 11 is 0. The van der Waals surface area contributed by atoms with E-state index in [2.05, 4.69) is 32.1 Å². The van der Waals surface area contributed by atoms with Gasteiger partial charge in [-0.2, -0.15) is 14.9 Å². The zero-order chi connectivity index (χ0) is 20.7. The molecule has 2 fully saturated rings. The van der Waals surface area contributed by atoms with Crippen LogP contribution >= 0.6 is 0 Å². The number of aromatic nitrogens is 3. The molecule has 2 amide bonds. The van der Waals surface area contributed by atoms with Crippen molar-refractivity contribution in [3.05, 3.63) is 53.2 Å². The summed E-state index contributed by atoms with van der Waals surface area (Å²) in [5.74, 6) is 0.690. The van der Waals surface area contributed by atoms with Crippen LogP contribution in [0.4, 0.5) is 17.3 Å². The standard InChI is InChI=1S/C21H17N7O2/c22-10-12-1-3-15(4-2-12)24-17-9-18(25-16-5-6-16)28-20(26-17)14(11-23-28)7-13-8-19(29)27-21(13)30/h1-4,7,9,11,16,25H,5-6,8H2,(H,24,26)(H,27,29,30)/b13-7+. The third kappa shape index (κ3) is 3.46. The molecule has 1 aliphatic heterocycles. The Morgan fingerprint density at radius 3 is 2.70 bits per heavy atom. The van der Waals surface area contributed by atoms with Crippen LogP contribution in [0.15, 0.2) is 42.1 Å². The van der Waals surface area contributed by atoms with Crippen molar-refractivity contribution < 1.29 is 9.59 Å². The molecule has 2 aliphatic rings. The predicted octanol–water partition coefficient (Wildman–Crippen LogP) is 2.35. The third-order valence-electron chi connectivity index (χ3n) is 4.94. The van der Waals surface area contributed by atoms with Crippen LogP contribution in [0.5, 0.6) is 0 Å². The van der Waals surface area contributed by atoms with Crippen molar-refractivity contribution in [1.29, 1.82) is 5.26 Å². The van der Waals surface area contributed by atoms with Crippen molar-refractivity contribution in [3.8, 4) is 6.07 Å². The number of amides is 2. The van der Waals surface area contributed by atoms with Crippen molar-refractivity contribution in [3.63, 3.8) is 0 Å². The molecule has 0 spiro atoms. The van der Waals surface area contributed by atoms with Crippen LogP contribution in [0, 0.1) is 11.3 Å². The van der Waals surface area contributed by atoms with Crippen molar-refractivity contribution >= 4 is 40.9 Å². The summed E-state index contributed by atoms with van der Waals surface area (Å²) in [6.07, 6.45) is 5.54. The number of anilines is 3. The van der Waals surface area contributed by atoms with Gasteiger partial charge in [0.2, 0.25) is 5.91 Å². The van der Waals surface area contributed by atoms with Crippen molar-refractivity contribution in [2.24, 2.45) is 0 Å². The van der Waals surface area contributed by atoms with Gasteiger partial charge in [-0.05, 0) is 43.2 Å². The summed E-state index contributed by atoms with van der Waals surface area (Å²) in [5, 5.41) is 22.4. The minimum atomic E-state index is -0.387. The maximum atomic E-state index is 11.9. The molecule has 30 heavy (non-hydrogen) atoms. The van der Waals surface area contributed by atoms with E-state index in [1.165, 1.54) is 0 Å². The first kappa shape index (κ1) is 17.9. The van der Waals surface area contributed by atoms with Crippen molar-refractivity contribution in [2.75, 3.05) is 10.6 Å². The Morgan fingerprint density at radius 1 is 1.23 bits per heavy atom. The smallest absolute Gasteiger partial charge is 0.254 e. The number of nitrogens with one attached hydrogen (secondary N) is 3. The second kappa shape index (κ2) is 7.00. The van der Waals surface area contributed by atoms with E-state index in [9.17, 15) is 9.59 Å². The minimum Gasteiger partial charge on any atom is -0.367 e. The van der Waals surface area contributed by atoms with E-state index in [4.69, 9.17) is 5.26 Å². The predicted molar refractivity (Wildman–Crippen MR) is 110 cm³/mol. The molecule has 9 heteroatoms. The average Bonchev–Trinajstić information content (AvgIpc) is 3.37. The fourth-order valence-corrected chi connectivity index (χ4v) is 3.27. The Bertz CT molecular complexity index is 1250. The van der Waals surface area contributed by atoms with E-state index < -0.39 is 0 Å². The second-order valence-electron chi connectivity index (χ2n) is 7.32. The lowest BCUT2D eigenvalue weighted by Crippen LogP contribution is -2.19. The topological polar surface area (TPSA) is 124 Å². The van der Waals surface area contributed by atoms with E-state index in [0.717, 1.165) is 24.3 Å². The molecule has 5 rings (SSSR count). The van der Waals surface area contributed by atoms with Gasteiger partial charge in [0, 0.05) is 28.9 Å². The monoisotopic (exact) mass is 399 g/mol. The first-order valence-electron chi connectivity index (χ1n) is 9.56. The van der Waals surface area contributed by atoms with E-state index in [1.807, 2.05) is 18.2 Å². The Kier molecular flexibility index (Phi) is 4.17. The molecule has 1 aliphatic carbocycles. The third-order valence-corrected chi connectivity index (χ3v) is 4.94. The molecule has 1 saturated heterocycles. The molecule has 1 saturated carbocycles. The van der Waals surface area contributed by atoms with Gasteiger partial charge in [-0.1, -0.05) is 0 Å². The van der Waals surface area contributed by atoms with Crippen LogP contribution in [0.2, 0.25) is 0 Å². The van der Waals surface area contributed by atoms with Gasteiger partial charge in [-0.25, -0.2) is 4.98 Å². The number of imide groups is 1. The quantitative estimate of drug-likeness (QED) is 0.444. The van der Waals surface area contributed by atoms with Gasteiger partial charge in [-0.3, -0.25) is 14.9 Å². The molecule has 9 nitrogen and oxygen atoms in total. The molecule has 0 bridgehead atoms. The van der Waals surface area contributed by atoms with Crippen LogP contribution in [-0.2, 0) is 9.59 Å². The summed E-state index contributed by atoms with van der Waals surface area (Å²) < 4.78 is 1.70. The summed E-state index contributed by atoms with van der Waals surface area (Å²) in [6, 6.07) is 11.5. The van der Waals surface area contributed by atoms with Gasteiger partial charge in [0.1, 0.15) is 11.6 Å². The number of carbonyl (C=O) groups excluding carboxylic acids is 2. The van der Waals surface area contributed by atoms with E-state index >= 15 is 0 Å². The first-order chi connectivity index (χ1) is 14.6. The molecule has 0 atom stereocenters. The van der Waals surface area contributed by atoms with Gasteiger partial charge in [0.05, 0.1) is 24.3 Å². The van der Waals surface area contributed by atoms with Crippen LogP contribution in [0.25, 0.3) is 11.7 Å². The van der Waals surface area contributed by atoms with Crippen LogP contribution in [0.1, 0.15) is 30.4 Å². The highest BCUT2D eigenvalue weighted by molar-refractivity contribution is 6.15. The van der Waals surface area contributed by atoms with Crippen LogP contribution in [0.3, 0.4) is 0 Å². The average molecular weight is 399 g/mol. The highest BCUT2D eigenvalue weighted by Gasteiger charge is 2.25. The normalized spacial score (nSPS) is 17.2. The van der Waals surface area contributed by atoms with Gasteiger partial charge in [-0.15, -0.1) is 0 Å². The molecular weight excluding hydrogens is 382 g/mol. The van der Waals surface area contributed by atoms with E-state index in [1.54, 1.807) is 28.9 Å². The highest BCUT2D eigenvalue weighted by atomic mass is 16.2. The number of benzene rings is 1. The number of hydrogen-bond donors (Lipinski definition) is 3. The lowest BCUT2D eigenvalue weighted by molar-refractivity contribution is -0.124. The second-order valence-corrected chi connectivity index (χ2v) is 7.32. The number of nitriles is 1. The van der Waals surface area contributed by atoms with E-state index in [-0.39, 0.29) is 18.2 Å². The number of rotatable bonds is 5. The van der Waals surface area contributed by atoms with Crippen molar-refractivity contribution in [1.82, 2.24) is 19.9 Å². The molecule has 0 radical (unpaired) electrons. The molecule has 3 heterocycles. The zero-order valence-corrected chi connectivity index (χ0v) is 15.8. The molecule has 1 aromatic carbocycles. The largest absolute Gasteiger partial charge is 0.367 e. The number of hydrogen-bond acceptors (Lipinski definition) is 7. The maximum absolute atomic E-state index is 11.9. The molecule has 148 valence electrons. The minimum absolute atomic E-state index is 0.0482. The van der Waals surface area contributed by atoms with Crippen LogP contribution < -0.4 is 16.0 Å². The van der Waals surface area contributed by atoms with Gasteiger partial charge < -0.3 is 10.6 Å². The molecule has 0 unspecified atom stereocenters. The fraction of sp³-hybridized carbons (Fsp3) is 0.190. The lowest BCUT2D eigenvalue weighted by Gasteiger charge is -2.11. The molecular formula is C21H17N7O2. The lowest BCUT2D eigenvalue weighted by atomic mass is 10.1. The molecule has 3 N–H and O–H groups in total. The Hall–Kier alpha value is -4.19. The first-order valence-corrected chi connectivity index (χ1v) is 9.56. The fourth-order valence-electron chi connectivity index (χ4n) is 3.27. The summed E-state index contributed by atoms with van der Waals surface area (Å²) in [6.45, 7) is 0. The van der Waals surface area contributed by atoms with Gasteiger partial charge in [0.25, 0.3) is 5.91 Å². The summed E-state index contributed by atoms with van der Waals surface area (Å²) in [7, 11) is 0. The van der Waals surface area contributed by atoms with Crippen molar-refractivity contribution in [2.45, 2.75) is 25.3 Å². The highest BCUT2D eigenvalue weighted by Crippen LogP contribution is 2.29. The van der Waals surface area contributed by atoms with Gasteiger partial charge in [0.15, 0.2) is 5.65 Å². The molecule has 3 aromatic rings. The Morgan fingerprint density at radius 2 is 2.03 bits per heavy atom. The Labute approximate surface area is 171 Å². The Balaban J connectivity index is 1.55. The summed E-state index contributed by atoms with van der Waals surface area (Å²) in [5.41, 5.74) is 2.98. The zero-order valence-electron chi connectivity index (χ0n) is 15.8. The summed E-state index contributed by atoms with van der Waals surface area (Å²) in [4.78, 5) is 28.1.